The van der Waals surface area contributed by atoms with Crippen molar-refractivity contribution in [2.24, 2.45) is 11.8 Å². The third-order valence-corrected chi connectivity index (χ3v) is 2.56. The van der Waals surface area contributed by atoms with Gasteiger partial charge in [-0.3, -0.25) is 0 Å². The van der Waals surface area contributed by atoms with Crippen LogP contribution in [0.1, 0.15) is 79.1 Å². The normalized spacial score (nSPS) is 9.00. The van der Waals surface area contributed by atoms with Crippen LogP contribution in [0.3, 0.4) is 0 Å². The monoisotopic (exact) mass is 467 g/mol. The van der Waals surface area contributed by atoms with Gasteiger partial charge in [-0.15, -0.1) is 0 Å². The first-order chi connectivity index (χ1) is 10.3. The van der Waals surface area contributed by atoms with E-state index in [2.05, 4.69) is 77.8 Å². The van der Waals surface area contributed by atoms with Gasteiger partial charge in [0.15, 0.2) is 0 Å². The quantitative estimate of drug-likeness (QED) is 0.129. The van der Waals surface area contributed by atoms with Crippen LogP contribution in [-0.2, 0) is 59.5 Å². The Morgan fingerprint density at radius 1 is 0.864 bits per heavy atom. The molecule has 136 valence electrons. The van der Waals surface area contributed by atoms with Crippen LogP contribution in [-0.4, -0.2) is 0 Å². The SMILES string of the molecule is S=[P+]([S-])[S-].[CH2-]CCCCC(C)C.[CH2-]CCCCC(C)C.[O]=[Mo]. The van der Waals surface area contributed by atoms with Crippen molar-refractivity contribution in [1.29, 1.82) is 0 Å². The van der Waals surface area contributed by atoms with Gasteiger partial charge in [-0.05, 0) is 11.8 Å². The summed E-state index contributed by atoms with van der Waals surface area (Å²) >= 11 is 13.6. The van der Waals surface area contributed by atoms with Crippen molar-refractivity contribution in [2.45, 2.75) is 79.1 Å². The zero-order valence-electron chi connectivity index (χ0n) is 14.7. The van der Waals surface area contributed by atoms with E-state index in [1.807, 2.05) is 0 Å². The predicted molar refractivity (Wildman–Crippen MR) is 107 cm³/mol. The van der Waals surface area contributed by atoms with Crippen LogP contribution in [0.15, 0.2) is 0 Å². The second kappa shape index (κ2) is 30.6. The molecule has 0 aliphatic rings. The Kier molecular flexibility index (Phi) is 43.7. The minimum absolute atomic E-state index is 0.700. The molecule has 0 bridgehead atoms. The fraction of sp³-hybridized carbons (Fsp3) is 0.875. The molecule has 0 radical (unpaired) electrons. The Morgan fingerprint density at radius 2 is 1.09 bits per heavy atom. The fourth-order valence-corrected chi connectivity index (χ4v) is 1.46. The summed E-state index contributed by atoms with van der Waals surface area (Å²) in [6.07, 6.45) is 10.3. The molecule has 0 N–H and O–H groups in total. The van der Waals surface area contributed by atoms with Gasteiger partial charge in [0.2, 0.25) is 0 Å². The van der Waals surface area contributed by atoms with E-state index in [0.717, 1.165) is 24.7 Å². The van der Waals surface area contributed by atoms with Gasteiger partial charge in [0.05, 0.1) is 0 Å². The van der Waals surface area contributed by atoms with Crippen molar-refractivity contribution in [1.82, 2.24) is 0 Å². The summed E-state index contributed by atoms with van der Waals surface area (Å²) in [5.74, 6) is 1.75. The first-order valence-electron chi connectivity index (χ1n) is 7.84. The molecule has 0 heterocycles. The van der Waals surface area contributed by atoms with E-state index < -0.39 is 5.10 Å². The molecular formula is C16H34MoOPS3-3. The van der Waals surface area contributed by atoms with Crippen LogP contribution >= 0.6 is 5.10 Å². The molecule has 0 atom stereocenters. The summed E-state index contributed by atoms with van der Waals surface area (Å²) in [6, 6.07) is 0. The molecule has 0 aromatic carbocycles. The van der Waals surface area contributed by atoms with Gasteiger partial charge in [0, 0.05) is 0 Å². The second-order valence-electron chi connectivity index (χ2n) is 5.71. The van der Waals surface area contributed by atoms with E-state index in [1.54, 1.807) is 0 Å². The fourth-order valence-electron chi connectivity index (χ4n) is 1.46. The number of hydrogen-bond donors (Lipinski definition) is 0. The summed E-state index contributed by atoms with van der Waals surface area (Å²) in [4.78, 5) is 0. The van der Waals surface area contributed by atoms with Crippen LogP contribution in [0.5, 0.6) is 0 Å². The van der Waals surface area contributed by atoms with Crippen LogP contribution in [0.25, 0.3) is 0 Å². The molecule has 0 amide bonds. The third kappa shape index (κ3) is 67.9. The van der Waals surface area contributed by atoms with E-state index in [-0.39, 0.29) is 0 Å². The van der Waals surface area contributed by atoms with Gasteiger partial charge in [-0.1, -0.05) is 71.3 Å². The Labute approximate surface area is 168 Å². The molecule has 0 fully saturated rings. The van der Waals surface area contributed by atoms with Gasteiger partial charge in [0.25, 0.3) is 0 Å². The maximum atomic E-state index is 8.26. The molecule has 0 aliphatic heterocycles. The Hall–Kier alpha value is 1.71. The molecule has 0 aromatic heterocycles. The Bertz CT molecular complexity index is 188. The molecule has 0 rings (SSSR count). The van der Waals surface area contributed by atoms with Crippen LogP contribution < -0.4 is 0 Å². The summed E-state index contributed by atoms with van der Waals surface area (Å²) in [5.41, 5.74) is 0. The molecule has 0 saturated carbocycles. The molecule has 0 spiro atoms. The van der Waals surface area contributed by atoms with Gasteiger partial charge in [0.1, 0.15) is 11.8 Å². The van der Waals surface area contributed by atoms with Crippen LogP contribution in [0, 0.1) is 25.7 Å². The Balaban J connectivity index is -0.000000109. The zero-order valence-corrected chi connectivity index (χ0v) is 20.1. The topological polar surface area (TPSA) is 17.1 Å². The summed E-state index contributed by atoms with van der Waals surface area (Å²) in [7, 11) is 0. The zero-order chi connectivity index (χ0) is 18.4. The summed E-state index contributed by atoms with van der Waals surface area (Å²) in [6.45, 7) is 16.6. The van der Waals surface area contributed by atoms with Gasteiger partial charge >= 0.3 is 23.2 Å². The van der Waals surface area contributed by atoms with E-state index in [0.29, 0.717) is 19.8 Å². The van der Waals surface area contributed by atoms with E-state index in [9.17, 15) is 0 Å². The molecule has 0 aromatic rings. The number of rotatable bonds is 8. The van der Waals surface area contributed by atoms with Crippen molar-refractivity contribution in [3.63, 3.8) is 0 Å². The van der Waals surface area contributed by atoms with Crippen molar-refractivity contribution in [3.05, 3.63) is 13.8 Å². The first kappa shape index (κ1) is 31.5. The molecule has 0 saturated heterocycles. The molecular weight excluding hydrogens is 431 g/mol. The molecule has 0 unspecified atom stereocenters. The average molecular weight is 466 g/mol. The molecule has 22 heavy (non-hydrogen) atoms. The van der Waals surface area contributed by atoms with Crippen molar-refractivity contribution < 1.29 is 23.2 Å². The third-order valence-electron chi connectivity index (χ3n) is 2.56. The summed E-state index contributed by atoms with van der Waals surface area (Å²) in [5, 5.41) is -0.870. The Morgan fingerprint density at radius 3 is 1.23 bits per heavy atom. The van der Waals surface area contributed by atoms with Crippen LogP contribution in [0.2, 0.25) is 0 Å². The standard InChI is InChI=1S/2C8H17.Mo.O.HPS3/c2*1-4-5-6-7-8(2)3;;;2-1(3)4/h2*8H,1,4-7H2,2-3H3;;;(H,2,3,4)/q2*-1;;;/p-1. The van der Waals surface area contributed by atoms with Crippen molar-refractivity contribution in [3.8, 4) is 0 Å². The first-order valence-corrected chi connectivity index (χ1v) is 13.0. The van der Waals surface area contributed by atoms with E-state index in [4.69, 9.17) is 3.40 Å². The predicted octanol–water partition coefficient (Wildman–Crippen LogP) is 6.81. The maximum absolute atomic E-state index is 8.26. The molecule has 1 nitrogen and oxygen atoms in total. The van der Waals surface area contributed by atoms with Gasteiger partial charge < -0.3 is 38.3 Å². The average Bonchev–Trinajstić information content (AvgIpc) is 2.41. The van der Waals surface area contributed by atoms with E-state index in [1.165, 1.54) is 38.5 Å². The van der Waals surface area contributed by atoms with Crippen molar-refractivity contribution >= 4 is 41.4 Å². The number of hydrogen-bond acceptors (Lipinski definition) is 4. The van der Waals surface area contributed by atoms with E-state index >= 15 is 0 Å². The van der Waals surface area contributed by atoms with Crippen molar-refractivity contribution in [2.75, 3.05) is 0 Å². The van der Waals surface area contributed by atoms with Gasteiger partial charge in [-0.2, -0.15) is 12.8 Å². The summed E-state index contributed by atoms with van der Waals surface area (Å²) < 4.78 is 8.26. The second-order valence-corrected chi connectivity index (χ2v) is 11.5. The number of unbranched alkanes of at least 4 members (excludes halogenated alkanes) is 4. The van der Waals surface area contributed by atoms with Gasteiger partial charge in [-0.25, -0.2) is 0 Å². The molecule has 0 aliphatic carbocycles. The van der Waals surface area contributed by atoms with Crippen LogP contribution in [0.4, 0.5) is 0 Å². The minimum atomic E-state index is -0.870. The molecule has 6 heteroatoms.